The predicted octanol–water partition coefficient (Wildman–Crippen LogP) is 1.21. The van der Waals surface area contributed by atoms with Crippen LogP contribution in [0.4, 0.5) is 5.69 Å². The monoisotopic (exact) mass is 236 g/mol. The van der Waals surface area contributed by atoms with Gasteiger partial charge < -0.3 is 15.7 Å². The molecule has 17 heavy (non-hydrogen) atoms. The van der Waals surface area contributed by atoms with Crippen molar-refractivity contribution in [2.24, 2.45) is 0 Å². The van der Waals surface area contributed by atoms with E-state index in [-0.39, 0.29) is 19.1 Å². The molecule has 0 saturated carbocycles. The smallest absolute Gasteiger partial charge is 0.238 e. The number of benzene rings is 1. The lowest BCUT2D eigenvalue weighted by Gasteiger charge is -2.09. The highest BCUT2D eigenvalue weighted by Crippen LogP contribution is 2.15. The Balaban J connectivity index is 2.40. The van der Waals surface area contributed by atoms with Crippen LogP contribution in [-0.4, -0.2) is 30.7 Å². The van der Waals surface area contributed by atoms with Gasteiger partial charge in [-0.3, -0.25) is 4.79 Å². The molecule has 4 heteroatoms. The van der Waals surface area contributed by atoms with Crippen LogP contribution in [0.15, 0.2) is 18.2 Å². The minimum Gasteiger partial charge on any atom is -0.396 e. The van der Waals surface area contributed by atoms with Gasteiger partial charge in [0.25, 0.3) is 0 Å². The lowest BCUT2D eigenvalue weighted by Crippen LogP contribution is -2.29. The molecule has 4 nitrogen and oxygen atoms in total. The van der Waals surface area contributed by atoms with Gasteiger partial charge in [0.15, 0.2) is 0 Å². The SMILES string of the molecule is Cc1ccc(NC(=O)CNCCCO)c(C)c1. The lowest BCUT2D eigenvalue weighted by molar-refractivity contribution is -0.115. The second-order valence-corrected chi connectivity index (χ2v) is 4.12. The molecule has 0 spiro atoms. The Morgan fingerprint density at radius 2 is 2.12 bits per heavy atom. The van der Waals surface area contributed by atoms with E-state index in [1.807, 2.05) is 32.0 Å². The first-order valence-corrected chi connectivity index (χ1v) is 5.82. The van der Waals surface area contributed by atoms with E-state index < -0.39 is 0 Å². The first-order valence-electron chi connectivity index (χ1n) is 5.82. The van der Waals surface area contributed by atoms with Crippen molar-refractivity contribution in [1.29, 1.82) is 0 Å². The van der Waals surface area contributed by atoms with Crippen molar-refractivity contribution in [3.63, 3.8) is 0 Å². The van der Waals surface area contributed by atoms with Gasteiger partial charge in [0.1, 0.15) is 0 Å². The molecular formula is C13H20N2O2. The molecule has 1 aromatic rings. The number of carbonyl (C=O) groups excluding carboxylic acids is 1. The van der Waals surface area contributed by atoms with Gasteiger partial charge in [-0.05, 0) is 38.4 Å². The Morgan fingerprint density at radius 1 is 1.35 bits per heavy atom. The van der Waals surface area contributed by atoms with Gasteiger partial charge in [0.2, 0.25) is 5.91 Å². The molecule has 0 aliphatic carbocycles. The van der Waals surface area contributed by atoms with Crippen LogP contribution in [0, 0.1) is 13.8 Å². The number of hydrogen-bond donors (Lipinski definition) is 3. The molecule has 1 rings (SSSR count). The fourth-order valence-corrected chi connectivity index (χ4v) is 1.55. The van der Waals surface area contributed by atoms with Crippen molar-refractivity contribution < 1.29 is 9.90 Å². The first kappa shape index (κ1) is 13.7. The molecule has 1 amide bonds. The lowest BCUT2D eigenvalue weighted by atomic mass is 10.1. The van der Waals surface area contributed by atoms with Gasteiger partial charge in [0.05, 0.1) is 6.54 Å². The third-order valence-electron chi connectivity index (χ3n) is 2.45. The molecule has 0 atom stereocenters. The molecule has 0 fully saturated rings. The van der Waals surface area contributed by atoms with E-state index >= 15 is 0 Å². The third-order valence-corrected chi connectivity index (χ3v) is 2.45. The zero-order chi connectivity index (χ0) is 12.7. The molecule has 0 radical (unpaired) electrons. The molecule has 0 aliphatic heterocycles. The molecule has 0 aliphatic rings. The number of nitrogens with one attached hydrogen (secondary N) is 2. The van der Waals surface area contributed by atoms with Crippen molar-refractivity contribution in [3.8, 4) is 0 Å². The van der Waals surface area contributed by atoms with E-state index in [0.717, 1.165) is 11.3 Å². The quantitative estimate of drug-likeness (QED) is 0.651. The number of hydrogen-bond acceptors (Lipinski definition) is 3. The zero-order valence-electron chi connectivity index (χ0n) is 10.4. The highest BCUT2D eigenvalue weighted by molar-refractivity contribution is 5.92. The molecule has 0 unspecified atom stereocenters. The summed E-state index contributed by atoms with van der Waals surface area (Å²) in [6.07, 6.45) is 0.664. The molecule has 1 aromatic carbocycles. The third kappa shape index (κ3) is 4.97. The number of aliphatic hydroxyl groups is 1. The van der Waals surface area contributed by atoms with Crippen LogP contribution in [-0.2, 0) is 4.79 Å². The van der Waals surface area contributed by atoms with E-state index in [9.17, 15) is 4.79 Å². The van der Waals surface area contributed by atoms with E-state index in [1.54, 1.807) is 0 Å². The Morgan fingerprint density at radius 3 is 2.76 bits per heavy atom. The summed E-state index contributed by atoms with van der Waals surface area (Å²) in [5.41, 5.74) is 3.10. The summed E-state index contributed by atoms with van der Waals surface area (Å²) in [6, 6.07) is 5.92. The van der Waals surface area contributed by atoms with Gasteiger partial charge in [0, 0.05) is 12.3 Å². The average molecular weight is 236 g/mol. The molecule has 0 heterocycles. The second-order valence-electron chi connectivity index (χ2n) is 4.12. The topological polar surface area (TPSA) is 61.4 Å². The number of rotatable bonds is 6. The second kappa shape index (κ2) is 7.04. The minimum absolute atomic E-state index is 0.0603. The van der Waals surface area contributed by atoms with Gasteiger partial charge >= 0.3 is 0 Å². The fourth-order valence-electron chi connectivity index (χ4n) is 1.55. The van der Waals surface area contributed by atoms with Crippen LogP contribution in [0.5, 0.6) is 0 Å². The number of amides is 1. The molecule has 0 aromatic heterocycles. The van der Waals surface area contributed by atoms with Gasteiger partial charge in [-0.2, -0.15) is 0 Å². The van der Waals surface area contributed by atoms with Crippen LogP contribution < -0.4 is 10.6 Å². The summed E-state index contributed by atoms with van der Waals surface area (Å²) >= 11 is 0. The van der Waals surface area contributed by atoms with Crippen LogP contribution >= 0.6 is 0 Å². The number of carbonyl (C=O) groups is 1. The van der Waals surface area contributed by atoms with E-state index in [2.05, 4.69) is 10.6 Å². The van der Waals surface area contributed by atoms with Crippen LogP contribution in [0.3, 0.4) is 0 Å². The summed E-state index contributed by atoms with van der Waals surface area (Å²) in [6.45, 7) is 5.06. The molecule has 0 bridgehead atoms. The summed E-state index contributed by atoms with van der Waals surface area (Å²) in [4.78, 5) is 11.6. The number of anilines is 1. The Kier molecular flexibility index (Phi) is 5.66. The van der Waals surface area contributed by atoms with Gasteiger partial charge in [-0.25, -0.2) is 0 Å². The highest BCUT2D eigenvalue weighted by Gasteiger charge is 2.03. The van der Waals surface area contributed by atoms with Crippen molar-refractivity contribution >= 4 is 11.6 Å². The normalized spacial score (nSPS) is 10.3. The van der Waals surface area contributed by atoms with E-state index in [1.165, 1.54) is 5.56 Å². The molecular weight excluding hydrogens is 216 g/mol. The van der Waals surface area contributed by atoms with Gasteiger partial charge in [-0.1, -0.05) is 17.7 Å². The summed E-state index contributed by atoms with van der Waals surface area (Å²) in [5.74, 6) is -0.0603. The highest BCUT2D eigenvalue weighted by atomic mass is 16.3. The molecule has 94 valence electrons. The summed E-state index contributed by atoms with van der Waals surface area (Å²) in [7, 11) is 0. The molecule has 3 N–H and O–H groups in total. The maximum absolute atomic E-state index is 11.6. The fraction of sp³-hybridized carbons (Fsp3) is 0.462. The van der Waals surface area contributed by atoms with E-state index in [4.69, 9.17) is 5.11 Å². The Bertz CT molecular complexity index is 378. The predicted molar refractivity (Wildman–Crippen MR) is 69.1 cm³/mol. The minimum atomic E-state index is -0.0603. The number of aliphatic hydroxyl groups excluding tert-OH is 1. The van der Waals surface area contributed by atoms with Crippen molar-refractivity contribution in [2.75, 3.05) is 25.0 Å². The largest absolute Gasteiger partial charge is 0.396 e. The van der Waals surface area contributed by atoms with Crippen LogP contribution in [0.25, 0.3) is 0 Å². The van der Waals surface area contributed by atoms with Gasteiger partial charge in [-0.15, -0.1) is 0 Å². The Hall–Kier alpha value is -1.39. The average Bonchev–Trinajstić information content (AvgIpc) is 2.28. The maximum atomic E-state index is 11.6. The standard InChI is InChI=1S/C13H20N2O2/c1-10-4-5-12(11(2)8-10)15-13(17)9-14-6-3-7-16/h4-5,8,14,16H,3,6-7,9H2,1-2H3,(H,15,17). The van der Waals surface area contributed by atoms with Crippen molar-refractivity contribution in [1.82, 2.24) is 5.32 Å². The zero-order valence-corrected chi connectivity index (χ0v) is 10.4. The van der Waals surface area contributed by atoms with Crippen molar-refractivity contribution in [3.05, 3.63) is 29.3 Å². The van der Waals surface area contributed by atoms with Crippen LogP contribution in [0.2, 0.25) is 0 Å². The van der Waals surface area contributed by atoms with Crippen LogP contribution in [0.1, 0.15) is 17.5 Å². The molecule has 0 saturated heterocycles. The Labute approximate surface area is 102 Å². The van der Waals surface area contributed by atoms with Crippen molar-refractivity contribution in [2.45, 2.75) is 20.3 Å². The number of aryl methyl sites for hydroxylation is 2. The maximum Gasteiger partial charge on any atom is 0.238 e. The summed E-state index contributed by atoms with van der Waals surface area (Å²) < 4.78 is 0. The first-order chi connectivity index (χ1) is 8.13. The summed E-state index contributed by atoms with van der Waals surface area (Å²) in [5, 5.41) is 14.4. The van der Waals surface area contributed by atoms with E-state index in [0.29, 0.717) is 13.0 Å².